The lowest BCUT2D eigenvalue weighted by Gasteiger charge is -2.15. The fourth-order valence-corrected chi connectivity index (χ4v) is 2.08. The zero-order chi connectivity index (χ0) is 13.4. The van der Waals surface area contributed by atoms with E-state index in [1.54, 1.807) is 0 Å². The number of ether oxygens (including phenoxy) is 1. The van der Waals surface area contributed by atoms with Gasteiger partial charge in [0.25, 0.3) is 0 Å². The van der Waals surface area contributed by atoms with E-state index in [9.17, 15) is 15.0 Å². The maximum absolute atomic E-state index is 11.4. The highest BCUT2D eigenvalue weighted by Gasteiger charge is 2.11. The molecule has 0 bridgehead atoms. The van der Waals surface area contributed by atoms with E-state index >= 15 is 0 Å². The summed E-state index contributed by atoms with van der Waals surface area (Å²) < 4.78 is 5.18. The van der Waals surface area contributed by atoms with Crippen molar-refractivity contribution in [3.8, 4) is 0 Å². The van der Waals surface area contributed by atoms with Gasteiger partial charge in [0.05, 0.1) is 18.3 Å². The number of hydrogen-bond acceptors (Lipinski definition) is 4. The molecular formula is C14H24O4. The zero-order valence-corrected chi connectivity index (χ0v) is 11.0. The number of carbonyl (C=O) groups excluding carboxylic acids is 1. The lowest BCUT2D eigenvalue weighted by atomic mass is 10.0. The highest BCUT2D eigenvalue weighted by molar-refractivity contribution is 5.82. The van der Waals surface area contributed by atoms with Gasteiger partial charge in [0, 0.05) is 6.08 Å². The molecule has 0 saturated heterocycles. The van der Waals surface area contributed by atoms with E-state index in [-0.39, 0.29) is 12.2 Å². The Balaban J connectivity index is 2.51. The van der Waals surface area contributed by atoms with Crippen molar-refractivity contribution in [2.45, 2.75) is 70.2 Å². The summed E-state index contributed by atoms with van der Waals surface area (Å²) in [6.07, 6.45) is 7.28. The first-order valence-corrected chi connectivity index (χ1v) is 6.83. The van der Waals surface area contributed by atoms with Crippen molar-refractivity contribution >= 4 is 5.97 Å². The smallest absolute Gasteiger partial charge is 0.330 e. The summed E-state index contributed by atoms with van der Waals surface area (Å²) in [5, 5.41) is 19.3. The average Bonchev–Trinajstić information content (AvgIpc) is 2.32. The maximum atomic E-state index is 11.4. The third kappa shape index (κ3) is 6.77. The third-order valence-corrected chi connectivity index (χ3v) is 3.22. The molecule has 0 fully saturated rings. The highest BCUT2D eigenvalue weighted by atomic mass is 16.5. The molecule has 0 aromatic carbocycles. The second kappa shape index (κ2) is 8.27. The molecule has 4 nitrogen and oxygen atoms in total. The number of carbonyl (C=O) groups is 1. The van der Waals surface area contributed by atoms with E-state index in [1.165, 1.54) is 12.2 Å². The number of esters is 1. The predicted molar refractivity (Wildman–Crippen MR) is 69.0 cm³/mol. The molecule has 1 rings (SSSR count). The van der Waals surface area contributed by atoms with Gasteiger partial charge >= 0.3 is 5.97 Å². The molecule has 1 unspecified atom stereocenters. The van der Waals surface area contributed by atoms with Gasteiger partial charge in [-0.25, -0.2) is 4.79 Å². The molecule has 0 aromatic rings. The topological polar surface area (TPSA) is 66.8 Å². The molecule has 104 valence electrons. The van der Waals surface area contributed by atoms with Gasteiger partial charge in [-0.15, -0.1) is 0 Å². The summed E-state index contributed by atoms with van der Waals surface area (Å²) in [6.45, 7) is 1.88. The van der Waals surface area contributed by atoms with Crippen molar-refractivity contribution in [1.82, 2.24) is 0 Å². The number of cyclic esters (lactones) is 1. The van der Waals surface area contributed by atoms with E-state index in [2.05, 4.69) is 0 Å². The van der Waals surface area contributed by atoms with Gasteiger partial charge in [0.15, 0.2) is 0 Å². The predicted octanol–water partition coefficient (Wildman–Crippen LogP) is 1.94. The van der Waals surface area contributed by atoms with Gasteiger partial charge in [-0.05, 0) is 45.1 Å². The van der Waals surface area contributed by atoms with Crippen LogP contribution in [0.1, 0.15) is 51.9 Å². The van der Waals surface area contributed by atoms with Crippen molar-refractivity contribution in [2.24, 2.45) is 0 Å². The molecule has 18 heavy (non-hydrogen) atoms. The van der Waals surface area contributed by atoms with Crippen LogP contribution < -0.4 is 0 Å². The Labute approximate surface area is 109 Å². The van der Waals surface area contributed by atoms with Gasteiger partial charge in [0.1, 0.15) is 0 Å². The quantitative estimate of drug-likeness (QED) is 0.650. The molecular weight excluding hydrogens is 232 g/mol. The Bertz CT molecular complexity index is 275. The fourth-order valence-electron chi connectivity index (χ4n) is 2.08. The van der Waals surface area contributed by atoms with Gasteiger partial charge < -0.3 is 14.9 Å². The minimum Gasteiger partial charge on any atom is -0.460 e. The summed E-state index contributed by atoms with van der Waals surface area (Å²) in [5.74, 6) is -0.404. The molecule has 1 heterocycles. The summed E-state index contributed by atoms with van der Waals surface area (Å²) >= 11 is 0. The van der Waals surface area contributed by atoms with Crippen LogP contribution in [0.2, 0.25) is 0 Å². The first-order chi connectivity index (χ1) is 8.58. The molecule has 0 saturated carbocycles. The van der Waals surface area contributed by atoms with Crippen LogP contribution in [0.5, 0.6) is 0 Å². The summed E-state index contributed by atoms with van der Waals surface area (Å²) in [7, 11) is 0. The fraction of sp³-hybridized carbons (Fsp3) is 0.786. The van der Waals surface area contributed by atoms with Gasteiger partial charge in [-0.2, -0.15) is 0 Å². The number of aliphatic hydroxyl groups is 2. The Hall–Kier alpha value is -0.870. The van der Waals surface area contributed by atoms with Crippen molar-refractivity contribution in [1.29, 1.82) is 0 Å². The Morgan fingerprint density at radius 1 is 1.11 bits per heavy atom. The van der Waals surface area contributed by atoms with E-state index in [0.29, 0.717) is 12.8 Å². The first-order valence-electron chi connectivity index (χ1n) is 6.83. The molecule has 0 radical (unpaired) electrons. The van der Waals surface area contributed by atoms with Crippen LogP contribution in [-0.2, 0) is 9.53 Å². The Morgan fingerprint density at radius 2 is 1.83 bits per heavy atom. The van der Waals surface area contributed by atoms with Crippen molar-refractivity contribution in [3.63, 3.8) is 0 Å². The molecule has 0 amide bonds. The first kappa shape index (κ1) is 15.2. The molecule has 3 atom stereocenters. The normalized spacial score (nSPS) is 34.4. The van der Waals surface area contributed by atoms with Crippen LogP contribution in [-0.4, -0.2) is 34.5 Å². The van der Waals surface area contributed by atoms with Crippen LogP contribution in [0.25, 0.3) is 0 Å². The average molecular weight is 256 g/mol. The zero-order valence-electron chi connectivity index (χ0n) is 11.0. The summed E-state index contributed by atoms with van der Waals surface area (Å²) in [6, 6.07) is 0. The molecule has 0 aliphatic carbocycles. The van der Waals surface area contributed by atoms with E-state index < -0.39 is 12.1 Å². The van der Waals surface area contributed by atoms with E-state index in [1.807, 2.05) is 6.92 Å². The van der Waals surface area contributed by atoms with Crippen molar-refractivity contribution in [2.75, 3.05) is 0 Å². The summed E-state index contributed by atoms with van der Waals surface area (Å²) in [5.41, 5.74) is 0. The minimum atomic E-state index is -0.689. The highest BCUT2D eigenvalue weighted by Crippen LogP contribution is 2.14. The molecule has 1 aliphatic heterocycles. The number of rotatable bonds is 0. The molecule has 1 aliphatic rings. The van der Waals surface area contributed by atoms with Crippen molar-refractivity contribution in [3.05, 3.63) is 12.2 Å². The lowest BCUT2D eigenvalue weighted by Crippen LogP contribution is -2.15. The summed E-state index contributed by atoms with van der Waals surface area (Å²) in [4.78, 5) is 11.4. The molecule has 0 aromatic heterocycles. The van der Waals surface area contributed by atoms with E-state index in [4.69, 9.17) is 4.74 Å². The second-order valence-corrected chi connectivity index (χ2v) is 5.04. The van der Waals surface area contributed by atoms with E-state index in [0.717, 1.165) is 32.1 Å². The standard InChI is InChI=1S/C14H24O4/c1-11-5-3-2-4-6-12(15)7-8-13(16)9-10-14(17)18-11/h9-13,15-16H,2-8H2,1H3/b10-9+/t11?,12-,13-/m0/s1. The molecule has 4 heteroatoms. The van der Waals surface area contributed by atoms with Gasteiger partial charge in [0.2, 0.25) is 0 Å². The largest absolute Gasteiger partial charge is 0.460 e. The number of aliphatic hydroxyl groups excluding tert-OH is 2. The molecule has 2 N–H and O–H groups in total. The third-order valence-electron chi connectivity index (χ3n) is 3.22. The van der Waals surface area contributed by atoms with Crippen LogP contribution in [0.4, 0.5) is 0 Å². The Kier molecular flexibility index (Phi) is 6.98. The van der Waals surface area contributed by atoms with Crippen LogP contribution in [0, 0.1) is 0 Å². The van der Waals surface area contributed by atoms with Gasteiger partial charge in [-0.3, -0.25) is 0 Å². The minimum absolute atomic E-state index is 0.0906. The Morgan fingerprint density at radius 3 is 2.61 bits per heavy atom. The number of hydrogen-bond donors (Lipinski definition) is 2. The van der Waals surface area contributed by atoms with Crippen LogP contribution >= 0.6 is 0 Å². The maximum Gasteiger partial charge on any atom is 0.330 e. The van der Waals surface area contributed by atoms with Crippen LogP contribution in [0.15, 0.2) is 12.2 Å². The lowest BCUT2D eigenvalue weighted by molar-refractivity contribution is -0.142. The monoisotopic (exact) mass is 256 g/mol. The second-order valence-electron chi connectivity index (χ2n) is 5.04. The molecule has 0 spiro atoms. The van der Waals surface area contributed by atoms with Crippen molar-refractivity contribution < 1.29 is 19.7 Å². The van der Waals surface area contributed by atoms with Crippen LogP contribution in [0.3, 0.4) is 0 Å². The SMILES string of the molecule is CC1CCCCC[C@H](O)CC[C@H](O)/C=C/C(=O)O1. The van der Waals surface area contributed by atoms with Gasteiger partial charge in [-0.1, -0.05) is 12.8 Å².